The Bertz CT molecular complexity index is 1390. The molecule has 0 atom stereocenters. The molecule has 0 aromatic heterocycles. The molecule has 4 rings (SSSR count). The van der Waals surface area contributed by atoms with Gasteiger partial charge in [0.1, 0.15) is 12.4 Å². The summed E-state index contributed by atoms with van der Waals surface area (Å²) in [5.41, 5.74) is 2.81. The Morgan fingerprint density at radius 2 is 1.53 bits per heavy atom. The molecule has 3 N–H and O–H groups in total. The molecular weight excluding hydrogens is 491 g/mol. The smallest absolute Gasteiger partial charge is 0.238 e. The van der Waals surface area contributed by atoms with Gasteiger partial charge in [0, 0.05) is 27.7 Å². The Morgan fingerprint density at radius 3 is 2.24 bits per heavy atom. The lowest BCUT2D eigenvalue weighted by molar-refractivity contribution is 0.303. The summed E-state index contributed by atoms with van der Waals surface area (Å²) in [7, 11) is -3.68. The summed E-state index contributed by atoms with van der Waals surface area (Å²) in [4.78, 5) is 0.111. The molecule has 0 saturated carbocycles. The maximum atomic E-state index is 11.4. The van der Waals surface area contributed by atoms with E-state index in [4.69, 9.17) is 33.1 Å². The van der Waals surface area contributed by atoms with Crippen LogP contribution in [0.2, 0.25) is 10.0 Å². The van der Waals surface area contributed by atoms with Crippen molar-refractivity contribution < 1.29 is 13.2 Å². The number of halogens is 2. The van der Waals surface area contributed by atoms with Gasteiger partial charge in [0.15, 0.2) is 0 Å². The van der Waals surface area contributed by atoms with E-state index in [0.29, 0.717) is 23.1 Å². The average molecular weight is 515 g/mol. The van der Waals surface area contributed by atoms with Crippen LogP contribution in [0.25, 0.3) is 10.8 Å². The topological polar surface area (TPSA) is 81.4 Å². The van der Waals surface area contributed by atoms with Gasteiger partial charge in [0.25, 0.3) is 0 Å². The van der Waals surface area contributed by atoms with Crippen LogP contribution in [0.15, 0.2) is 83.8 Å². The van der Waals surface area contributed by atoms with E-state index in [9.17, 15) is 8.42 Å². The van der Waals surface area contributed by atoms with Gasteiger partial charge in [0.05, 0.1) is 4.90 Å². The first-order valence-electron chi connectivity index (χ1n) is 10.7. The monoisotopic (exact) mass is 514 g/mol. The van der Waals surface area contributed by atoms with Gasteiger partial charge in [-0.15, -0.1) is 0 Å². The number of sulfonamides is 1. The van der Waals surface area contributed by atoms with Crippen molar-refractivity contribution in [2.24, 2.45) is 5.14 Å². The highest BCUT2D eigenvalue weighted by atomic mass is 35.5. The van der Waals surface area contributed by atoms with Crippen molar-refractivity contribution in [3.05, 3.63) is 106 Å². The van der Waals surface area contributed by atoms with Crippen LogP contribution in [0, 0.1) is 0 Å². The molecule has 0 aliphatic rings. The van der Waals surface area contributed by atoms with Crippen LogP contribution in [0.4, 0.5) is 0 Å². The van der Waals surface area contributed by atoms with Gasteiger partial charge in [-0.25, -0.2) is 13.6 Å². The van der Waals surface area contributed by atoms with Gasteiger partial charge in [-0.1, -0.05) is 71.7 Å². The summed E-state index contributed by atoms with van der Waals surface area (Å²) < 4.78 is 29.0. The van der Waals surface area contributed by atoms with Crippen LogP contribution in [-0.2, 0) is 29.6 Å². The lowest BCUT2D eigenvalue weighted by Crippen LogP contribution is -2.18. The second kappa shape index (κ2) is 10.8. The summed E-state index contributed by atoms with van der Waals surface area (Å²) in [6.07, 6.45) is 0.737. The quantitative estimate of drug-likeness (QED) is 0.280. The molecule has 0 bridgehead atoms. The fourth-order valence-electron chi connectivity index (χ4n) is 3.75. The summed E-state index contributed by atoms with van der Waals surface area (Å²) in [6, 6.07) is 24.2. The Kier molecular flexibility index (Phi) is 7.76. The first kappa shape index (κ1) is 24.5. The molecule has 0 radical (unpaired) electrons. The van der Waals surface area contributed by atoms with E-state index < -0.39 is 10.0 Å². The Hall–Kier alpha value is -2.61. The predicted octanol–water partition coefficient (Wildman–Crippen LogP) is 5.71. The van der Waals surface area contributed by atoms with Gasteiger partial charge < -0.3 is 10.1 Å². The Balaban J connectivity index is 1.47. The number of benzene rings is 4. The van der Waals surface area contributed by atoms with Gasteiger partial charge in [0.2, 0.25) is 10.0 Å². The van der Waals surface area contributed by atoms with Crippen LogP contribution in [0.5, 0.6) is 5.75 Å². The Morgan fingerprint density at radius 1 is 0.824 bits per heavy atom. The van der Waals surface area contributed by atoms with Crippen LogP contribution in [0.1, 0.15) is 16.7 Å². The number of ether oxygens (including phenoxy) is 1. The second-order valence-corrected chi connectivity index (χ2v) is 10.2. The number of primary sulfonamides is 1. The standard InChI is InChI=1S/C26H24Cl2N2O3S/c27-24-6-3-7-25(28)23(24)17-33-26-13-10-19-4-1-2-5-21(19)22(26)16-30-15-14-18-8-11-20(12-9-18)34(29,31)32/h1-13,30H,14-17H2,(H2,29,31,32). The molecule has 34 heavy (non-hydrogen) atoms. The number of hydrogen-bond donors (Lipinski definition) is 2. The van der Waals surface area contributed by atoms with Crippen molar-refractivity contribution in [3.8, 4) is 5.75 Å². The normalized spacial score (nSPS) is 11.6. The molecule has 8 heteroatoms. The number of fused-ring (bicyclic) bond motifs is 1. The van der Waals surface area contributed by atoms with E-state index in [1.807, 2.05) is 30.3 Å². The van der Waals surface area contributed by atoms with E-state index in [2.05, 4.69) is 17.4 Å². The molecule has 0 amide bonds. The molecule has 0 unspecified atom stereocenters. The van der Waals surface area contributed by atoms with Crippen molar-refractivity contribution in [1.29, 1.82) is 0 Å². The molecule has 4 aromatic rings. The van der Waals surface area contributed by atoms with E-state index >= 15 is 0 Å². The molecule has 0 aliphatic heterocycles. The summed E-state index contributed by atoms with van der Waals surface area (Å²) in [5, 5.41) is 12.0. The maximum absolute atomic E-state index is 11.4. The van der Waals surface area contributed by atoms with Crippen molar-refractivity contribution in [1.82, 2.24) is 5.32 Å². The molecule has 0 aliphatic carbocycles. The van der Waals surface area contributed by atoms with Crippen molar-refractivity contribution in [3.63, 3.8) is 0 Å². The van der Waals surface area contributed by atoms with Gasteiger partial charge in [-0.3, -0.25) is 0 Å². The highest BCUT2D eigenvalue weighted by molar-refractivity contribution is 7.89. The number of hydrogen-bond acceptors (Lipinski definition) is 4. The van der Waals surface area contributed by atoms with Crippen LogP contribution >= 0.6 is 23.2 Å². The van der Waals surface area contributed by atoms with E-state index in [1.54, 1.807) is 24.3 Å². The summed E-state index contributed by atoms with van der Waals surface area (Å²) in [6.45, 7) is 1.57. The van der Waals surface area contributed by atoms with E-state index in [-0.39, 0.29) is 11.5 Å². The minimum Gasteiger partial charge on any atom is -0.488 e. The fraction of sp³-hybridized carbons (Fsp3) is 0.154. The summed E-state index contributed by atoms with van der Waals surface area (Å²) in [5.74, 6) is 0.764. The minimum atomic E-state index is -3.68. The van der Waals surface area contributed by atoms with Crippen molar-refractivity contribution >= 4 is 44.0 Å². The highest BCUT2D eigenvalue weighted by Crippen LogP contribution is 2.31. The van der Waals surface area contributed by atoms with Gasteiger partial charge in [-0.05, 0) is 59.6 Å². The largest absolute Gasteiger partial charge is 0.488 e. The SMILES string of the molecule is NS(=O)(=O)c1ccc(CCNCc2c(OCc3c(Cl)cccc3Cl)ccc3ccccc23)cc1. The molecule has 5 nitrogen and oxygen atoms in total. The zero-order valence-corrected chi connectivity index (χ0v) is 20.6. The number of rotatable bonds is 9. The molecule has 4 aromatic carbocycles. The zero-order valence-electron chi connectivity index (χ0n) is 18.3. The van der Waals surface area contributed by atoms with Gasteiger partial charge in [-0.2, -0.15) is 0 Å². The molecule has 176 valence electrons. The van der Waals surface area contributed by atoms with Gasteiger partial charge >= 0.3 is 0 Å². The zero-order chi connectivity index (χ0) is 24.1. The fourth-order valence-corrected chi connectivity index (χ4v) is 4.77. The predicted molar refractivity (Wildman–Crippen MR) is 138 cm³/mol. The molecule has 0 heterocycles. The number of nitrogens with one attached hydrogen (secondary N) is 1. The third-order valence-corrected chi connectivity index (χ3v) is 7.21. The minimum absolute atomic E-state index is 0.111. The molecule has 0 fully saturated rings. The third kappa shape index (κ3) is 5.90. The third-order valence-electron chi connectivity index (χ3n) is 5.58. The first-order chi connectivity index (χ1) is 16.3. The molecule has 0 saturated heterocycles. The first-order valence-corrected chi connectivity index (χ1v) is 13.0. The van der Waals surface area contributed by atoms with E-state index in [1.165, 1.54) is 12.1 Å². The van der Waals surface area contributed by atoms with Crippen LogP contribution in [0.3, 0.4) is 0 Å². The van der Waals surface area contributed by atoms with Crippen molar-refractivity contribution in [2.45, 2.75) is 24.5 Å². The van der Waals surface area contributed by atoms with Crippen molar-refractivity contribution in [2.75, 3.05) is 6.54 Å². The lowest BCUT2D eigenvalue weighted by Gasteiger charge is -2.16. The lowest BCUT2D eigenvalue weighted by atomic mass is 10.0. The van der Waals surface area contributed by atoms with Crippen LogP contribution < -0.4 is 15.2 Å². The second-order valence-electron chi connectivity index (χ2n) is 7.87. The summed E-state index contributed by atoms with van der Waals surface area (Å²) >= 11 is 12.6. The average Bonchev–Trinajstić information content (AvgIpc) is 2.82. The molecular formula is C26H24Cl2N2O3S. The number of nitrogens with two attached hydrogens (primary N) is 1. The highest BCUT2D eigenvalue weighted by Gasteiger charge is 2.12. The van der Waals surface area contributed by atoms with Crippen LogP contribution in [-0.4, -0.2) is 15.0 Å². The maximum Gasteiger partial charge on any atom is 0.238 e. The Labute approximate surface area is 209 Å². The van der Waals surface area contributed by atoms with E-state index in [0.717, 1.165) is 39.6 Å². The molecule has 0 spiro atoms.